The molecular weight excluding hydrogens is 296 g/mol. The average Bonchev–Trinajstić information content (AvgIpc) is 3.24. The second-order valence-corrected chi connectivity index (χ2v) is 6.18. The summed E-state index contributed by atoms with van der Waals surface area (Å²) in [4.78, 5) is 37.3. The molecular formula is C17H16N2O4. The smallest absolute Gasteiger partial charge is 0.270 e. The number of hydrazine groups is 1. The molecule has 1 saturated carbocycles. The van der Waals surface area contributed by atoms with E-state index in [-0.39, 0.29) is 35.5 Å². The third-order valence-electron chi connectivity index (χ3n) is 5.04. The molecule has 2 fully saturated rings. The molecule has 0 radical (unpaired) electrons. The molecule has 2 bridgehead atoms. The molecule has 1 aliphatic heterocycles. The summed E-state index contributed by atoms with van der Waals surface area (Å²) in [6.07, 6.45) is 4.91. The van der Waals surface area contributed by atoms with Gasteiger partial charge in [0.05, 0.1) is 18.9 Å². The average molecular weight is 312 g/mol. The van der Waals surface area contributed by atoms with Crippen LogP contribution in [-0.2, 0) is 9.59 Å². The SMILES string of the molecule is COc1ccc(C(=O)NN2C(=O)C3C4C=CC(C4)C3C2=O)cc1. The molecule has 3 aliphatic rings. The number of imide groups is 1. The van der Waals surface area contributed by atoms with Gasteiger partial charge in [-0.15, -0.1) is 0 Å². The lowest BCUT2D eigenvalue weighted by molar-refractivity contribution is -0.143. The van der Waals surface area contributed by atoms with Crippen molar-refractivity contribution in [3.63, 3.8) is 0 Å². The zero-order valence-electron chi connectivity index (χ0n) is 12.6. The second kappa shape index (κ2) is 4.94. The third kappa shape index (κ3) is 1.98. The molecule has 23 heavy (non-hydrogen) atoms. The predicted octanol–water partition coefficient (Wildman–Crippen LogP) is 1.15. The van der Waals surface area contributed by atoms with E-state index in [1.54, 1.807) is 24.3 Å². The summed E-state index contributed by atoms with van der Waals surface area (Å²) >= 11 is 0. The van der Waals surface area contributed by atoms with Gasteiger partial charge in [-0.3, -0.25) is 19.8 Å². The first-order valence-electron chi connectivity index (χ1n) is 7.61. The molecule has 4 unspecified atom stereocenters. The van der Waals surface area contributed by atoms with Gasteiger partial charge >= 0.3 is 0 Å². The van der Waals surface area contributed by atoms with Gasteiger partial charge in [-0.05, 0) is 42.5 Å². The summed E-state index contributed by atoms with van der Waals surface area (Å²) in [6.45, 7) is 0. The zero-order chi connectivity index (χ0) is 16.1. The maximum atomic E-state index is 12.5. The minimum Gasteiger partial charge on any atom is -0.497 e. The Morgan fingerprint density at radius 2 is 1.65 bits per heavy atom. The zero-order valence-corrected chi connectivity index (χ0v) is 12.6. The van der Waals surface area contributed by atoms with Crippen molar-refractivity contribution in [3.8, 4) is 5.75 Å². The van der Waals surface area contributed by atoms with Crippen LogP contribution in [0.15, 0.2) is 36.4 Å². The number of amides is 3. The number of nitrogens with one attached hydrogen (secondary N) is 1. The first-order chi connectivity index (χ1) is 11.1. The Kier molecular flexibility index (Phi) is 3.01. The lowest BCUT2D eigenvalue weighted by Gasteiger charge is -2.18. The number of allylic oxidation sites excluding steroid dienone is 2. The van der Waals surface area contributed by atoms with Crippen molar-refractivity contribution in [1.29, 1.82) is 0 Å². The molecule has 1 saturated heterocycles. The van der Waals surface area contributed by atoms with Crippen LogP contribution >= 0.6 is 0 Å². The Morgan fingerprint density at radius 3 is 2.17 bits per heavy atom. The quantitative estimate of drug-likeness (QED) is 0.671. The van der Waals surface area contributed by atoms with Crippen LogP contribution in [0.1, 0.15) is 16.8 Å². The fourth-order valence-corrected chi connectivity index (χ4v) is 3.92. The molecule has 2 aliphatic carbocycles. The van der Waals surface area contributed by atoms with E-state index in [0.717, 1.165) is 11.4 Å². The first-order valence-corrected chi connectivity index (χ1v) is 7.61. The highest BCUT2D eigenvalue weighted by atomic mass is 16.5. The predicted molar refractivity (Wildman–Crippen MR) is 80.0 cm³/mol. The van der Waals surface area contributed by atoms with E-state index in [9.17, 15) is 14.4 Å². The first kappa shape index (κ1) is 14.0. The fraction of sp³-hybridized carbons (Fsp3) is 0.353. The monoisotopic (exact) mass is 312 g/mol. The lowest BCUT2D eigenvalue weighted by atomic mass is 9.85. The summed E-state index contributed by atoms with van der Waals surface area (Å²) < 4.78 is 5.04. The lowest BCUT2D eigenvalue weighted by Crippen LogP contribution is -2.47. The standard InChI is InChI=1S/C17H16N2O4/c1-23-12-6-4-9(5-7-12)15(20)18-19-16(21)13-10-2-3-11(8-10)14(13)17(19)22/h2-7,10-11,13-14H,8H2,1H3,(H,18,20). The molecule has 1 heterocycles. The molecule has 1 aromatic carbocycles. The van der Waals surface area contributed by atoms with Gasteiger partial charge in [0.15, 0.2) is 0 Å². The molecule has 4 atom stereocenters. The molecule has 3 amide bonds. The van der Waals surface area contributed by atoms with Crippen LogP contribution in [0.4, 0.5) is 0 Å². The Hall–Kier alpha value is -2.63. The number of fused-ring (bicyclic) bond motifs is 5. The molecule has 4 rings (SSSR count). The maximum Gasteiger partial charge on any atom is 0.270 e. The van der Waals surface area contributed by atoms with E-state index in [0.29, 0.717) is 11.3 Å². The Bertz CT molecular complexity index is 695. The van der Waals surface area contributed by atoms with Crippen LogP contribution in [0, 0.1) is 23.7 Å². The summed E-state index contributed by atoms with van der Waals surface area (Å²) in [5, 5.41) is 0.911. The minimum atomic E-state index is -0.477. The van der Waals surface area contributed by atoms with Gasteiger partial charge in [-0.2, -0.15) is 5.01 Å². The Labute approximate surface area is 133 Å². The van der Waals surface area contributed by atoms with Crippen molar-refractivity contribution in [2.45, 2.75) is 6.42 Å². The van der Waals surface area contributed by atoms with Gasteiger partial charge in [0.1, 0.15) is 5.75 Å². The second-order valence-electron chi connectivity index (χ2n) is 6.18. The van der Waals surface area contributed by atoms with Gasteiger partial charge in [-0.1, -0.05) is 12.2 Å². The third-order valence-corrected chi connectivity index (χ3v) is 5.04. The van der Waals surface area contributed by atoms with Crippen molar-refractivity contribution in [2.75, 3.05) is 7.11 Å². The number of carbonyl (C=O) groups excluding carboxylic acids is 3. The van der Waals surface area contributed by atoms with E-state index in [1.165, 1.54) is 7.11 Å². The molecule has 118 valence electrons. The number of methoxy groups -OCH3 is 1. The summed E-state index contributed by atoms with van der Waals surface area (Å²) in [5.74, 6) is -0.796. The van der Waals surface area contributed by atoms with Gasteiger partial charge in [0, 0.05) is 5.56 Å². The molecule has 6 nitrogen and oxygen atoms in total. The Balaban J connectivity index is 1.52. The van der Waals surface area contributed by atoms with Gasteiger partial charge in [-0.25, -0.2) is 0 Å². The van der Waals surface area contributed by atoms with Crippen LogP contribution in [0.3, 0.4) is 0 Å². The number of rotatable bonds is 3. The highest BCUT2D eigenvalue weighted by Gasteiger charge is 2.59. The van der Waals surface area contributed by atoms with Crippen LogP contribution in [0.2, 0.25) is 0 Å². The highest BCUT2D eigenvalue weighted by Crippen LogP contribution is 2.52. The van der Waals surface area contributed by atoms with Crippen molar-refractivity contribution < 1.29 is 19.1 Å². The van der Waals surface area contributed by atoms with Crippen molar-refractivity contribution in [1.82, 2.24) is 10.4 Å². The topological polar surface area (TPSA) is 75.7 Å². The number of nitrogens with zero attached hydrogens (tertiary/aromatic N) is 1. The van der Waals surface area contributed by atoms with Gasteiger partial charge < -0.3 is 4.74 Å². The van der Waals surface area contributed by atoms with E-state index in [1.807, 2.05) is 12.2 Å². The highest BCUT2D eigenvalue weighted by molar-refractivity contribution is 6.08. The molecule has 1 N–H and O–H groups in total. The van der Waals surface area contributed by atoms with Gasteiger partial charge in [0.2, 0.25) is 0 Å². The van der Waals surface area contributed by atoms with E-state index in [2.05, 4.69) is 5.43 Å². The van der Waals surface area contributed by atoms with Crippen molar-refractivity contribution >= 4 is 17.7 Å². The van der Waals surface area contributed by atoms with E-state index >= 15 is 0 Å². The van der Waals surface area contributed by atoms with Crippen LogP contribution < -0.4 is 10.2 Å². The van der Waals surface area contributed by atoms with Crippen LogP contribution in [-0.4, -0.2) is 29.8 Å². The van der Waals surface area contributed by atoms with Crippen LogP contribution in [0.5, 0.6) is 5.75 Å². The number of benzene rings is 1. The van der Waals surface area contributed by atoms with Crippen LogP contribution in [0.25, 0.3) is 0 Å². The molecule has 0 aromatic heterocycles. The van der Waals surface area contributed by atoms with Crippen molar-refractivity contribution in [2.24, 2.45) is 23.7 Å². The Morgan fingerprint density at radius 1 is 1.09 bits per heavy atom. The molecule has 1 aromatic rings. The minimum absolute atomic E-state index is 0.129. The largest absolute Gasteiger partial charge is 0.497 e. The normalized spacial score (nSPS) is 30.7. The summed E-state index contributed by atoms with van der Waals surface area (Å²) in [6, 6.07) is 6.49. The van der Waals surface area contributed by atoms with Gasteiger partial charge in [0.25, 0.3) is 17.7 Å². The fourth-order valence-electron chi connectivity index (χ4n) is 3.92. The van der Waals surface area contributed by atoms with E-state index in [4.69, 9.17) is 4.74 Å². The molecule has 6 heteroatoms. The number of ether oxygens (including phenoxy) is 1. The maximum absolute atomic E-state index is 12.5. The molecule has 0 spiro atoms. The summed E-state index contributed by atoms with van der Waals surface area (Å²) in [7, 11) is 1.54. The van der Waals surface area contributed by atoms with Crippen molar-refractivity contribution in [3.05, 3.63) is 42.0 Å². The number of carbonyl (C=O) groups is 3. The van der Waals surface area contributed by atoms with E-state index < -0.39 is 5.91 Å². The number of hydrogen-bond acceptors (Lipinski definition) is 4. The number of hydrogen-bond donors (Lipinski definition) is 1. The summed E-state index contributed by atoms with van der Waals surface area (Å²) in [5.41, 5.74) is 2.82.